The highest BCUT2D eigenvalue weighted by atomic mass is 16.3. The molecule has 1 saturated heterocycles. The van der Waals surface area contributed by atoms with E-state index >= 15 is 0 Å². The summed E-state index contributed by atoms with van der Waals surface area (Å²) >= 11 is 0. The van der Waals surface area contributed by atoms with Crippen LogP contribution in [0.4, 0.5) is 5.82 Å². The van der Waals surface area contributed by atoms with Gasteiger partial charge in [0.25, 0.3) is 0 Å². The van der Waals surface area contributed by atoms with Gasteiger partial charge in [0.15, 0.2) is 22.8 Å². The molecule has 1 aliphatic heterocycles. The van der Waals surface area contributed by atoms with Crippen LogP contribution in [0.25, 0.3) is 22.6 Å². The first-order chi connectivity index (χ1) is 17.4. The maximum Gasteiger partial charge on any atom is 0.239 e. The van der Waals surface area contributed by atoms with E-state index in [1.807, 2.05) is 32.0 Å². The zero-order valence-corrected chi connectivity index (χ0v) is 20.0. The zero-order chi connectivity index (χ0) is 25.4. The molecule has 36 heavy (non-hydrogen) atoms. The number of aliphatic hydroxyl groups excluding tert-OH is 2. The molecule has 1 aliphatic rings. The van der Waals surface area contributed by atoms with Crippen molar-refractivity contribution >= 4 is 22.9 Å². The van der Waals surface area contributed by atoms with Gasteiger partial charge in [-0.25, -0.2) is 15.0 Å². The number of amides is 1. The van der Waals surface area contributed by atoms with E-state index in [0.29, 0.717) is 34.9 Å². The molecule has 0 aromatic carbocycles. The van der Waals surface area contributed by atoms with Crippen LogP contribution in [-0.4, -0.2) is 70.9 Å². The highest BCUT2D eigenvalue weighted by Crippen LogP contribution is 2.30. The SMILES string of the molecule is CNC(=O)[C@H]1N[C@@H](n2cnc3c(NCc4cc(C)ccn4)nc(-c4cncc(C)c4)nc32)[C@H](O)[C@@H]1O. The van der Waals surface area contributed by atoms with Crippen molar-refractivity contribution in [2.24, 2.45) is 0 Å². The van der Waals surface area contributed by atoms with E-state index in [9.17, 15) is 15.0 Å². The van der Waals surface area contributed by atoms with Crippen molar-refractivity contribution in [1.29, 1.82) is 0 Å². The molecule has 0 bridgehead atoms. The Morgan fingerprint density at radius 1 is 1.11 bits per heavy atom. The third-order valence-electron chi connectivity index (χ3n) is 6.16. The van der Waals surface area contributed by atoms with Crippen LogP contribution in [0.15, 0.2) is 43.1 Å². The van der Waals surface area contributed by atoms with Crippen LogP contribution < -0.4 is 16.0 Å². The highest BCUT2D eigenvalue weighted by molar-refractivity contribution is 5.86. The molecule has 1 fully saturated rings. The number of hydrogen-bond donors (Lipinski definition) is 5. The molecule has 0 radical (unpaired) electrons. The predicted octanol–water partition coefficient (Wildman–Crippen LogP) is 0.450. The molecule has 4 aromatic heterocycles. The summed E-state index contributed by atoms with van der Waals surface area (Å²) in [5.41, 5.74) is 4.49. The standard InChI is InChI=1S/C24H27N9O3/c1-12-4-5-27-15(7-12)10-28-21-17-22(32-20(31-21)14-6-13(2)8-26-9-14)33(11-29-17)23-19(35)18(34)16(30-23)24(36)25-3/h4-9,11,16,18-19,23,30,34-35H,10H2,1-3H3,(H,25,36)(H,28,31,32)/t16-,18+,19+,23-/m0/s1. The fraction of sp³-hybridized carbons (Fsp3) is 0.333. The van der Waals surface area contributed by atoms with E-state index in [0.717, 1.165) is 16.8 Å². The van der Waals surface area contributed by atoms with Gasteiger partial charge in [0, 0.05) is 31.2 Å². The Bertz CT molecular complexity index is 1420. The van der Waals surface area contributed by atoms with E-state index in [4.69, 9.17) is 9.97 Å². The second kappa shape index (κ2) is 9.57. The van der Waals surface area contributed by atoms with Crippen LogP contribution >= 0.6 is 0 Å². The summed E-state index contributed by atoms with van der Waals surface area (Å²) in [4.78, 5) is 34.8. The number of pyridine rings is 2. The Balaban J connectivity index is 1.58. The Labute approximate surface area is 206 Å². The summed E-state index contributed by atoms with van der Waals surface area (Å²) < 4.78 is 1.61. The Morgan fingerprint density at radius 3 is 2.69 bits per heavy atom. The van der Waals surface area contributed by atoms with Crippen LogP contribution in [0.5, 0.6) is 0 Å². The van der Waals surface area contributed by atoms with Gasteiger partial charge in [0.1, 0.15) is 24.4 Å². The molecule has 0 spiro atoms. The lowest BCUT2D eigenvalue weighted by molar-refractivity contribution is -0.125. The molecule has 4 atom stereocenters. The molecule has 0 aliphatic carbocycles. The number of nitrogens with zero attached hydrogens (tertiary/aromatic N) is 6. The fourth-order valence-corrected chi connectivity index (χ4v) is 4.32. The number of carbonyl (C=O) groups is 1. The topological polar surface area (TPSA) is 163 Å². The first-order valence-electron chi connectivity index (χ1n) is 11.5. The van der Waals surface area contributed by atoms with Crippen molar-refractivity contribution in [2.75, 3.05) is 12.4 Å². The van der Waals surface area contributed by atoms with Crippen molar-refractivity contribution in [1.82, 2.24) is 40.1 Å². The summed E-state index contributed by atoms with van der Waals surface area (Å²) in [5.74, 6) is 0.466. The number of imidazole rings is 1. The molecule has 5 N–H and O–H groups in total. The van der Waals surface area contributed by atoms with Gasteiger partial charge in [-0.05, 0) is 43.2 Å². The largest absolute Gasteiger partial charge is 0.388 e. The number of rotatable bonds is 6. The summed E-state index contributed by atoms with van der Waals surface area (Å²) in [6.45, 7) is 4.34. The van der Waals surface area contributed by atoms with Gasteiger partial charge in [0.05, 0.1) is 18.6 Å². The third kappa shape index (κ3) is 4.37. The molecule has 12 nitrogen and oxygen atoms in total. The monoisotopic (exact) mass is 489 g/mol. The van der Waals surface area contributed by atoms with Gasteiger partial charge in [-0.2, -0.15) is 0 Å². The molecular formula is C24H27N9O3. The van der Waals surface area contributed by atoms with Crippen LogP contribution in [0.3, 0.4) is 0 Å². The van der Waals surface area contributed by atoms with Crippen molar-refractivity contribution in [3.63, 3.8) is 0 Å². The van der Waals surface area contributed by atoms with E-state index < -0.39 is 30.3 Å². The molecule has 0 unspecified atom stereocenters. The van der Waals surface area contributed by atoms with Gasteiger partial charge in [-0.1, -0.05) is 0 Å². The average molecular weight is 490 g/mol. The number of likely N-dealkylation sites (N-methyl/N-ethyl adjacent to an activating group) is 1. The highest BCUT2D eigenvalue weighted by Gasteiger charge is 2.45. The van der Waals surface area contributed by atoms with E-state index in [1.54, 1.807) is 23.2 Å². The summed E-state index contributed by atoms with van der Waals surface area (Å²) in [6.07, 6.45) is 3.27. The summed E-state index contributed by atoms with van der Waals surface area (Å²) in [7, 11) is 1.47. The second-order valence-corrected chi connectivity index (χ2v) is 8.83. The lowest BCUT2D eigenvalue weighted by Crippen LogP contribution is -2.45. The Morgan fingerprint density at radius 2 is 1.94 bits per heavy atom. The number of nitrogens with one attached hydrogen (secondary N) is 3. The summed E-state index contributed by atoms with van der Waals surface area (Å²) in [6, 6.07) is 4.85. The molecule has 5 heterocycles. The predicted molar refractivity (Wildman–Crippen MR) is 132 cm³/mol. The van der Waals surface area contributed by atoms with Crippen molar-refractivity contribution in [3.8, 4) is 11.4 Å². The molecule has 0 saturated carbocycles. The molecule has 186 valence electrons. The van der Waals surface area contributed by atoms with Gasteiger partial charge in [-0.3, -0.25) is 24.6 Å². The van der Waals surface area contributed by atoms with Crippen LogP contribution in [-0.2, 0) is 11.3 Å². The minimum absolute atomic E-state index is 0.411. The fourth-order valence-electron chi connectivity index (χ4n) is 4.32. The van der Waals surface area contributed by atoms with E-state index in [-0.39, 0.29) is 0 Å². The van der Waals surface area contributed by atoms with Gasteiger partial charge in [0.2, 0.25) is 5.91 Å². The van der Waals surface area contributed by atoms with Crippen molar-refractivity contribution < 1.29 is 15.0 Å². The zero-order valence-electron chi connectivity index (χ0n) is 20.0. The van der Waals surface area contributed by atoms with Crippen molar-refractivity contribution in [3.05, 3.63) is 59.9 Å². The molecular weight excluding hydrogens is 462 g/mol. The lowest BCUT2D eigenvalue weighted by atomic mass is 10.1. The van der Waals surface area contributed by atoms with Crippen LogP contribution in [0.1, 0.15) is 23.0 Å². The maximum atomic E-state index is 12.2. The quantitative estimate of drug-likeness (QED) is 0.257. The van der Waals surface area contributed by atoms with Gasteiger partial charge < -0.3 is 20.8 Å². The summed E-state index contributed by atoms with van der Waals surface area (Å²) in [5, 5.41) is 30.0. The first-order valence-corrected chi connectivity index (χ1v) is 11.5. The van der Waals surface area contributed by atoms with E-state index in [2.05, 4.69) is 30.9 Å². The second-order valence-electron chi connectivity index (χ2n) is 8.83. The molecule has 4 aromatic rings. The van der Waals surface area contributed by atoms with Crippen LogP contribution in [0.2, 0.25) is 0 Å². The van der Waals surface area contributed by atoms with Gasteiger partial charge in [-0.15, -0.1) is 0 Å². The number of carbonyl (C=O) groups excluding carboxylic acids is 1. The Hall–Kier alpha value is -4.00. The van der Waals surface area contributed by atoms with E-state index in [1.165, 1.54) is 13.4 Å². The van der Waals surface area contributed by atoms with Gasteiger partial charge >= 0.3 is 0 Å². The molecule has 1 amide bonds. The van der Waals surface area contributed by atoms with Crippen LogP contribution in [0, 0.1) is 13.8 Å². The Kier molecular flexibility index (Phi) is 6.31. The minimum Gasteiger partial charge on any atom is -0.388 e. The normalized spacial score (nSPS) is 21.6. The smallest absolute Gasteiger partial charge is 0.239 e. The average Bonchev–Trinajstić information content (AvgIpc) is 3.43. The maximum absolute atomic E-state index is 12.2. The number of aromatic nitrogens is 6. The third-order valence-corrected chi connectivity index (χ3v) is 6.16. The number of anilines is 1. The number of aliphatic hydroxyl groups is 2. The first kappa shape index (κ1) is 23.7. The number of aryl methyl sites for hydroxylation is 2. The number of fused-ring (bicyclic) bond motifs is 1. The molecule has 5 rings (SSSR count). The van der Waals surface area contributed by atoms with Crippen molar-refractivity contribution in [2.45, 2.75) is 44.8 Å². The minimum atomic E-state index is -1.31. The number of hydrogen-bond acceptors (Lipinski definition) is 10. The molecule has 12 heteroatoms. The lowest BCUT2D eigenvalue weighted by Gasteiger charge is -2.18.